The van der Waals surface area contributed by atoms with E-state index >= 15 is 0 Å². The van der Waals surface area contributed by atoms with E-state index < -0.39 is 0 Å². The van der Waals surface area contributed by atoms with Crippen LogP contribution in [-0.2, 0) is 20.7 Å². The van der Waals surface area contributed by atoms with E-state index in [1.807, 2.05) is 0 Å². The molecule has 0 saturated carbocycles. The zero-order valence-electron chi connectivity index (χ0n) is 9.44. The van der Waals surface area contributed by atoms with Gasteiger partial charge in [0.15, 0.2) is 0 Å². The average molecular weight is 257 g/mol. The third-order valence-electron chi connectivity index (χ3n) is 2.41. The molecule has 1 aromatic rings. The molecule has 1 aromatic carbocycles. The fourth-order valence-corrected chi connectivity index (χ4v) is 1.60. The van der Waals surface area contributed by atoms with Crippen LogP contribution in [0.4, 0.5) is 0 Å². The van der Waals surface area contributed by atoms with Crippen LogP contribution in [0.2, 0.25) is 5.02 Å². The Labute approximate surface area is 104 Å². The lowest BCUT2D eigenvalue weighted by atomic mass is 10.1. The number of ether oxygens (including phenoxy) is 3. The first-order valence-electron chi connectivity index (χ1n) is 5.28. The number of hydrogen-bond acceptors (Lipinski definition) is 4. The van der Waals surface area contributed by atoms with Crippen LogP contribution in [0.1, 0.15) is 5.56 Å². The van der Waals surface area contributed by atoms with Crippen molar-refractivity contribution >= 4 is 17.6 Å². The molecule has 1 saturated heterocycles. The summed E-state index contributed by atoms with van der Waals surface area (Å²) in [6.07, 6.45) is 0.328. The predicted octanol–water partition coefficient (Wildman–Crippen LogP) is 1.83. The predicted molar refractivity (Wildman–Crippen MR) is 62.4 cm³/mol. The molecule has 4 nitrogen and oxygen atoms in total. The molecule has 1 atom stereocenters. The van der Waals surface area contributed by atoms with Crippen molar-refractivity contribution in [1.82, 2.24) is 0 Å². The van der Waals surface area contributed by atoms with Crippen LogP contribution in [-0.4, -0.2) is 32.4 Å². The summed E-state index contributed by atoms with van der Waals surface area (Å²) in [5, 5.41) is 0.568. The third-order valence-corrected chi connectivity index (χ3v) is 2.65. The van der Waals surface area contributed by atoms with E-state index in [1.54, 1.807) is 18.2 Å². The molecule has 17 heavy (non-hydrogen) atoms. The third kappa shape index (κ3) is 3.61. The first-order chi connectivity index (χ1) is 8.19. The molecule has 0 spiro atoms. The molecule has 0 bridgehead atoms. The molecule has 5 heteroatoms. The van der Waals surface area contributed by atoms with Crippen LogP contribution in [0.5, 0.6) is 5.75 Å². The maximum absolute atomic E-state index is 11.2. The summed E-state index contributed by atoms with van der Waals surface area (Å²) in [6, 6.07) is 5.19. The number of carbonyl (C=O) groups excluding carboxylic acids is 1. The van der Waals surface area contributed by atoms with Crippen molar-refractivity contribution < 1.29 is 19.0 Å². The van der Waals surface area contributed by atoms with Gasteiger partial charge >= 0.3 is 5.97 Å². The Morgan fingerprint density at radius 1 is 1.59 bits per heavy atom. The topological polar surface area (TPSA) is 48.1 Å². The molecule has 1 aliphatic heterocycles. The summed E-state index contributed by atoms with van der Waals surface area (Å²) >= 11 is 5.89. The molecule has 0 unspecified atom stereocenters. The molecule has 1 aliphatic rings. The Kier molecular flexibility index (Phi) is 3.86. The standard InChI is InChI=1S/C12H13ClO4/c1-15-12(14)5-8-4-9(13)2-3-11(8)17-7-10-6-16-10/h2-4,10H,5-7H2,1H3/t10-/m0/s1. The van der Waals surface area contributed by atoms with Crippen molar-refractivity contribution in [2.45, 2.75) is 12.5 Å². The summed E-state index contributed by atoms with van der Waals surface area (Å²) in [4.78, 5) is 11.2. The zero-order chi connectivity index (χ0) is 12.3. The van der Waals surface area contributed by atoms with Crippen molar-refractivity contribution in [3.05, 3.63) is 28.8 Å². The van der Waals surface area contributed by atoms with Crippen LogP contribution in [0.3, 0.4) is 0 Å². The lowest BCUT2D eigenvalue weighted by Gasteiger charge is -2.10. The minimum absolute atomic E-state index is 0.151. The van der Waals surface area contributed by atoms with Crippen LogP contribution in [0.25, 0.3) is 0 Å². The van der Waals surface area contributed by atoms with Gasteiger partial charge in [0.2, 0.25) is 0 Å². The van der Waals surface area contributed by atoms with Gasteiger partial charge in [-0.15, -0.1) is 0 Å². The Morgan fingerprint density at radius 3 is 3.00 bits per heavy atom. The number of carbonyl (C=O) groups is 1. The number of halogens is 1. The highest BCUT2D eigenvalue weighted by Crippen LogP contribution is 2.25. The summed E-state index contributed by atoms with van der Waals surface area (Å²) in [5.41, 5.74) is 0.727. The van der Waals surface area contributed by atoms with E-state index in [2.05, 4.69) is 4.74 Å². The molecular weight excluding hydrogens is 244 g/mol. The smallest absolute Gasteiger partial charge is 0.310 e. The fraction of sp³-hybridized carbons (Fsp3) is 0.417. The minimum atomic E-state index is -0.320. The maximum Gasteiger partial charge on any atom is 0.310 e. The van der Waals surface area contributed by atoms with E-state index in [1.165, 1.54) is 7.11 Å². The number of rotatable bonds is 5. The average Bonchev–Trinajstić information content (AvgIpc) is 3.12. The van der Waals surface area contributed by atoms with E-state index in [4.69, 9.17) is 21.1 Å². The highest BCUT2D eigenvalue weighted by molar-refractivity contribution is 6.30. The van der Waals surface area contributed by atoms with E-state index in [0.717, 1.165) is 12.2 Å². The highest BCUT2D eigenvalue weighted by Gasteiger charge is 2.23. The largest absolute Gasteiger partial charge is 0.490 e. The fourth-order valence-electron chi connectivity index (χ4n) is 1.40. The van der Waals surface area contributed by atoms with Crippen molar-refractivity contribution in [2.24, 2.45) is 0 Å². The van der Waals surface area contributed by atoms with Crippen molar-refractivity contribution in [2.75, 3.05) is 20.3 Å². The van der Waals surface area contributed by atoms with E-state index in [-0.39, 0.29) is 18.5 Å². The number of benzene rings is 1. The second kappa shape index (κ2) is 5.38. The van der Waals surface area contributed by atoms with Gasteiger partial charge in [0, 0.05) is 10.6 Å². The molecule has 1 heterocycles. The van der Waals surface area contributed by atoms with Crippen molar-refractivity contribution in [3.8, 4) is 5.75 Å². The Balaban J connectivity index is 2.08. The van der Waals surface area contributed by atoms with Crippen molar-refractivity contribution in [1.29, 1.82) is 0 Å². The summed E-state index contributed by atoms with van der Waals surface area (Å²) in [6.45, 7) is 1.23. The molecule has 0 amide bonds. The lowest BCUT2D eigenvalue weighted by molar-refractivity contribution is -0.139. The van der Waals surface area contributed by atoms with Gasteiger partial charge in [-0.25, -0.2) is 0 Å². The quantitative estimate of drug-likeness (QED) is 0.596. The first kappa shape index (κ1) is 12.2. The minimum Gasteiger partial charge on any atom is -0.490 e. The molecule has 0 aromatic heterocycles. The normalized spacial score (nSPS) is 17.6. The summed E-state index contributed by atoms with van der Waals surface area (Å²) in [7, 11) is 1.35. The van der Waals surface area contributed by atoms with Crippen LogP contribution < -0.4 is 4.74 Å². The SMILES string of the molecule is COC(=O)Cc1cc(Cl)ccc1OC[C@@H]1CO1. The monoisotopic (exact) mass is 256 g/mol. The number of esters is 1. The molecule has 2 rings (SSSR count). The zero-order valence-corrected chi connectivity index (χ0v) is 10.2. The van der Waals surface area contributed by atoms with Gasteiger partial charge in [-0.05, 0) is 18.2 Å². The van der Waals surface area contributed by atoms with E-state index in [0.29, 0.717) is 17.4 Å². The van der Waals surface area contributed by atoms with Crippen LogP contribution >= 0.6 is 11.6 Å². The van der Waals surface area contributed by atoms with Crippen LogP contribution in [0.15, 0.2) is 18.2 Å². The Morgan fingerprint density at radius 2 is 2.35 bits per heavy atom. The molecular formula is C12H13ClO4. The second-order valence-electron chi connectivity index (χ2n) is 3.77. The second-order valence-corrected chi connectivity index (χ2v) is 4.21. The Hall–Kier alpha value is -1.26. The van der Waals surface area contributed by atoms with Gasteiger partial charge in [-0.3, -0.25) is 4.79 Å². The summed E-state index contributed by atoms with van der Waals surface area (Å²) < 4.78 is 15.2. The molecule has 0 radical (unpaired) electrons. The van der Waals surface area contributed by atoms with Gasteiger partial charge in [-0.2, -0.15) is 0 Å². The van der Waals surface area contributed by atoms with E-state index in [9.17, 15) is 4.79 Å². The molecule has 0 aliphatic carbocycles. The van der Waals surface area contributed by atoms with Gasteiger partial charge in [0.05, 0.1) is 20.1 Å². The van der Waals surface area contributed by atoms with Crippen molar-refractivity contribution in [3.63, 3.8) is 0 Å². The molecule has 92 valence electrons. The Bertz CT molecular complexity index is 415. The van der Waals surface area contributed by atoms with Crippen LogP contribution in [0, 0.1) is 0 Å². The summed E-state index contributed by atoms with van der Waals surface area (Å²) in [5.74, 6) is 0.329. The molecule has 1 fully saturated rings. The first-order valence-corrected chi connectivity index (χ1v) is 5.66. The van der Waals surface area contributed by atoms with Gasteiger partial charge in [0.1, 0.15) is 18.5 Å². The number of hydrogen-bond donors (Lipinski definition) is 0. The lowest BCUT2D eigenvalue weighted by Crippen LogP contribution is -2.09. The highest BCUT2D eigenvalue weighted by atomic mass is 35.5. The van der Waals surface area contributed by atoms with Gasteiger partial charge in [0.25, 0.3) is 0 Å². The maximum atomic E-state index is 11.2. The number of methoxy groups -OCH3 is 1. The van der Waals surface area contributed by atoms with Gasteiger partial charge < -0.3 is 14.2 Å². The van der Waals surface area contributed by atoms with Gasteiger partial charge in [-0.1, -0.05) is 11.6 Å². The number of epoxide rings is 1. The molecule has 0 N–H and O–H groups in total.